The first kappa shape index (κ1) is 66.4. The summed E-state index contributed by atoms with van der Waals surface area (Å²) in [5, 5.41) is 43.7. The Morgan fingerprint density at radius 2 is 1.29 bits per heavy atom. The van der Waals surface area contributed by atoms with Gasteiger partial charge in [-0.1, -0.05) is 139 Å². The standard InChI is InChI=1S/C45H56N4O5.C22H27ClN2O5/c1-5-8-11-14-17-42(54-41-27-22-33(15-12-9-6-2)28-35(41)16-13-10-7-3)44(51)48-39-29-40(50)38(30-43(39)53-37-25-18-32(4)19-26-37)49-45(52)47-36-23-20-34(31-46)21-24-36;1-13(2)21(27)25-18-12-16(11-17(23)20(18)26)30-22(28)24-8-5-9-29-19-7-6-14(3)10-15(19)4/h18-30,42,50H,5-17H2,1-4H3,(H,48,51)(H2,47,49,52);6-7,10-13,26H,5,8-9H2,1-4H3,(H,24,28)(H,25,27). The molecule has 0 bridgehead atoms. The highest BCUT2D eigenvalue weighted by molar-refractivity contribution is 6.32. The predicted octanol–water partition coefficient (Wildman–Crippen LogP) is 16.6. The van der Waals surface area contributed by atoms with Gasteiger partial charge in [-0.05, 0) is 131 Å². The van der Waals surface area contributed by atoms with E-state index < -0.39 is 18.2 Å². The van der Waals surface area contributed by atoms with E-state index >= 15 is 0 Å². The van der Waals surface area contributed by atoms with Gasteiger partial charge in [0.1, 0.15) is 28.7 Å². The Hall–Kier alpha value is -8.42. The van der Waals surface area contributed by atoms with Crippen LogP contribution >= 0.6 is 11.6 Å². The second-order valence-electron chi connectivity index (χ2n) is 21.1. The topological polar surface area (TPSA) is 230 Å². The maximum absolute atomic E-state index is 14.2. The van der Waals surface area contributed by atoms with E-state index in [0.29, 0.717) is 43.0 Å². The van der Waals surface area contributed by atoms with Gasteiger partial charge in [0.05, 0.1) is 40.3 Å². The average Bonchev–Trinajstić information content (AvgIpc) is 3.67. The fraction of sp³-hybridized carbons (Fsp3) is 0.388. The van der Waals surface area contributed by atoms with E-state index in [9.17, 15) is 29.4 Å². The molecule has 0 aliphatic heterocycles. The van der Waals surface area contributed by atoms with Crippen molar-refractivity contribution in [3.8, 4) is 46.3 Å². The van der Waals surface area contributed by atoms with Crippen molar-refractivity contribution in [1.29, 1.82) is 5.26 Å². The van der Waals surface area contributed by atoms with Crippen LogP contribution in [0.15, 0.2) is 109 Å². The number of halogens is 1. The smallest absolute Gasteiger partial charge is 0.412 e. The lowest BCUT2D eigenvalue weighted by molar-refractivity contribution is -0.123. The van der Waals surface area contributed by atoms with Gasteiger partial charge in [0.2, 0.25) is 5.91 Å². The molecule has 448 valence electrons. The molecule has 1 unspecified atom stereocenters. The molecule has 5 amide bonds. The molecule has 0 saturated heterocycles. The zero-order valence-electron chi connectivity index (χ0n) is 49.8. The molecule has 0 saturated carbocycles. The fourth-order valence-electron chi connectivity index (χ4n) is 8.66. The summed E-state index contributed by atoms with van der Waals surface area (Å²) in [7, 11) is 0. The second-order valence-corrected chi connectivity index (χ2v) is 21.5. The van der Waals surface area contributed by atoms with E-state index in [4.69, 9.17) is 35.8 Å². The monoisotopic (exact) mass is 1170 g/mol. The lowest BCUT2D eigenvalue weighted by atomic mass is 10.00. The number of carbonyl (C=O) groups is 4. The van der Waals surface area contributed by atoms with Crippen LogP contribution in [-0.4, -0.2) is 53.4 Å². The van der Waals surface area contributed by atoms with E-state index in [-0.39, 0.29) is 62.8 Å². The van der Waals surface area contributed by atoms with Crippen LogP contribution in [-0.2, 0) is 22.4 Å². The van der Waals surface area contributed by atoms with Crippen molar-refractivity contribution in [2.24, 2.45) is 5.92 Å². The number of phenolic OH excluding ortho intramolecular Hbond substituents is 2. The molecule has 0 spiro atoms. The number of urea groups is 1. The number of rotatable bonds is 29. The number of hydrogen-bond acceptors (Lipinski definition) is 11. The van der Waals surface area contributed by atoms with Crippen LogP contribution in [0, 0.1) is 38.0 Å². The third-order valence-electron chi connectivity index (χ3n) is 13.5. The van der Waals surface area contributed by atoms with Gasteiger partial charge in [-0.25, -0.2) is 9.59 Å². The number of anilines is 4. The summed E-state index contributed by atoms with van der Waals surface area (Å²) in [5.74, 6) is 0.875. The Kier molecular flexibility index (Phi) is 27.6. The Morgan fingerprint density at radius 1 is 0.619 bits per heavy atom. The molecule has 6 rings (SSSR count). The summed E-state index contributed by atoms with van der Waals surface area (Å²) in [6, 6.07) is 33.1. The van der Waals surface area contributed by atoms with Gasteiger partial charge in [0, 0.05) is 42.4 Å². The summed E-state index contributed by atoms with van der Waals surface area (Å²) in [4.78, 5) is 51.0. The van der Waals surface area contributed by atoms with Gasteiger partial charge >= 0.3 is 12.1 Å². The maximum Gasteiger partial charge on any atom is 0.412 e. The van der Waals surface area contributed by atoms with Crippen LogP contribution in [0.5, 0.6) is 40.2 Å². The molecular weight excluding hydrogens is 1080 g/mol. The van der Waals surface area contributed by atoms with Crippen molar-refractivity contribution >= 4 is 58.3 Å². The fourth-order valence-corrected chi connectivity index (χ4v) is 8.87. The molecule has 0 heterocycles. The maximum atomic E-state index is 14.2. The van der Waals surface area contributed by atoms with E-state index in [0.717, 1.165) is 92.4 Å². The van der Waals surface area contributed by atoms with Crippen molar-refractivity contribution in [3.05, 3.63) is 148 Å². The van der Waals surface area contributed by atoms with Crippen LogP contribution in [0.3, 0.4) is 0 Å². The number of carbonyl (C=O) groups excluding carboxylic acids is 4. The first-order valence-electron chi connectivity index (χ1n) is 29.2. The van der Waals surface area contributed by atoms with E-state index in [1.54, 1.807) is 38.1 Å². The van der Waals surface area contributed by atoms with Gasteiger partial charge in [-0.2, -0.15) is 5.26 Å². The molecule has 0 aliphatic carbocycles. The lowest BCUT2D eigenvalue weighted by Crippen LogP contribution is -2.33. The molecular formula is C67H83ClN6O10. The molecule has 0 radical (unpaired) electrons. The molecule has 84 heavy (non-hydrogen) atoms. The highest BCUT2D eigenvalue weighted by Gasteiger charge is 2.25. The molecule has 0 aromatic heterocycles. The van der Waals surface area contributed by atoms with E-state index in [1.807, 2.05) is 75.4 Å². The molecule has 17 heteroatoms. The largest absolute Gasteiger partial charge is 0.506 e. The number of aromatic hydroxyl groups is 2. The second kappa shape index (κ2) is 34.9. The summed E-state index contributed by atoms with van der Waals surface area (Å²) >= 11 is 5.96. The van der Waals surface area contributed by atoms with E-state index in [1.165, 1.54) is 48.2 Å². The van der Waals surface area contributed by atoms with Crippen molar-refractivity contribution < 1.29 is 48.3 Å². The first-order chi connectivity index (χ1) is 40.4. The SMILES string of the molecule is CCCCCCC(Oc1ccc(CCCCC)cc1CCCCC)C(=O)Nc1cc(O)c(NC(=O)Nc2ccc(C#N)cc2)cc1Oc1ccc(C)cc1.Cc1ccc(OCCCNC(=O)Oc2cc(Cl)c(O)c(NC(=O)C(C)C)c2)c(C)c1. The Balaban J connectivity index is 0.000000363. The van der Waals surface area contributed by atoms with Crippen molar-refractivity contribution in [3.63, 3.8) is 0 Å². The average molecular weight is 1170 g/mol. The van der Waals surface area contributed by atoms with Gasteiger partial charge in [0.25, 0.3) is 5.91 Å². The molecule has 0 aliphatic rings. The molecule has 0 fully saturated rings. The van der Waals surface area contributed by atoms with Crippen LogP contribution in [0.1, 0.15) is 145 Å². The van der Waals surface area contributed by atoms with Gasteiger partial charge < -0.3 is 55.7 Å². The molecule has 6 aromatic rings. The van der Waals surface area contributed by atoms with Crippen molar-refractivity contribution in [2.45, 2.75) is 151 Å². The third kappa shape index (κ3) is 22.4. The Labute approximate surface area is 500 Å². The molecule has 6 aromatic carbocycles. The van der Waals surface area contributed by atoms with Gasteiger partial charge in [-0.15, -0.1) is 0 Å². The van der Waals surface area contributed by atoms with Gasteiger partial charge in [-0.3, -0.25) is 9.59 Å². The number of unbranched alkanes of at least 4 members (excludes halogenated alkanes) is 7. The summed E-state index contributed by atoms with van der Waals surface area (Å²) in [6.07, 6.45) is 12.3. The van der Waals surface area contributed by atoms with Crippen molar-refractivity contribution in [1.82, 2.24) is 5.32 Å². The first-order valence-corrected chi connectivity index (χ1v) is 29.6. The number of aryl methyl sites for hydroxylation is 5. The summed E-state index contributed by atoms with van der Waals surface area (Å²) < 4.78 is 23.8. The molecule has 16 nitrogen and oxygen atoms in total. The Bertz CT molecular complexity index is 3140. The van der Waals surface area contributed by atoms with Crippen LogP contribution in [0.4, 0.5) is 32.3 Å². The highest BCUT2D eigenvalue weighted by atomic mass is 35.5. The van der Waals surface area contributed by atoms with Crippen LogP contribution < -0.4 is 45.5 Å². The minimum Gasteiger partial charge on any atom is -0.506 e. The number of hydrogen-bond donors (Lipinski definition) is 7. The molecule has 1 atom stereocenters. The minimum absolute atomic E-state index is 0.0405. The summed E-state index contributed by atoms with van der Waals surface area (Å²) in [5.41, 5.74) is 7.01. The number of nitrogens with zero attached hydrogens (tertiary/aromatic N) is 1. The quantitative estimate of drug-likeness (QED) is 0.0173. The van der Waals surface area contributed by atoms with Crippen molar-refractivity contribution in [2.75, 3.05) is 34.4 Å². The zero-order chi connectivity index (χ0) is 61.0. The number of ether oxygens (including phenoxy) is 4. The molecule has 7 N–H and O–H groups in total. The van der Waals surface area contributed by atoms with Crippen LogP contribution in [0.2, 0.25) is 5.02 Å². The summed E-state index contributed by atoms with van der Waals surface area (Å²) in [6.45, 7) is 16.8. The normalized spacial score (nSPS) is 11.1. The minimum atomic E-state index is -0.789. The number of phenols is 2. The van der Waals surface area contributed by atoms with Crippen LogP contribution in [0.25, 0.3) is 0 Å². The zero-order valence-corrected chi connectivity index (χ0v) is 50.6. The number of amides is 5. The van der Waals surface area contributed by atoms with E-state index in [2.05, 4.69) is 59.5 Å². The lowest BCUT2D eigenvalue weighted by Gasteiger charge is -2.22. The Morgan fingerprint density at radius 3 is 1.96 bits per heavy atom. The number of nitriles is 1. The number of benzene rings is 6. The highest BCUT2D eigenvalue weighted by Crippen LogP contribution is 2.40. The number of nitrogens with one attached hydrogen (secondary N) is 5. The third-order valence-corrected chi connectivity index (χ3v) is 13.7. The predicted molar refractivity (Wildman–Crippen MR) is 335 cm³/mol. The van der Waals surface area contributed by atoms with Gasteiger partial charge in [0.15, 0.2) is 17.6 Å².